The number of quaternary nitrogens is 1. The number of carbonyl (C=O) groups excluding carboxylic acids is 1. The Bertz CT molecular complexity index is 707. The summed E-state index contributed by atoms with van der Waals surface area (Å²) in [6, 6.07) is 7.85. The first-order chi connectivity index (χ1) is 12.6. The number of likely N-dealkylation sites (N-methyl/N-ethyl adjacent to an activating group) is 1. The van der Waals surface area contributed by atoms with Crippen molar-refractivity contribution in [3.63, 3.8) is 0 Å². The third-order valence-corrected chi connectivity index (χ3v) is 5.86. The predicted molar refractivity (Wildman–Crippen MR) is 99.0 cm³/mol. The number of ether oxygens (including phenoxy) is 1. The highest BCUT2D eigenvalue weighted by Crippen LogP contribution is 2.33. The van der Waals surface area contributed by atoms with Crippen molar-refractivity contribution in [2.75, 3.05) is 33.4 Å². The van der Waals surface area contributed by atoms with Crippen molar-refractivity contribution in [2.45, 2.75) is 38.0 Å². The van der Waals surface area contributed by atoms with Gasteiger partial charge in [0.2, 0.25) is 0 Å². The average Bonchev–Trinajstić information content (AvgIpc) is 3.14. The molecule has 0 aromatic heterocycles. The summed E-state index contributed by atoms with van der Waals surface area (Å²) in [6.45, 7) is 2.18. The van der Waals surface area contributed by atoms with Crippen LogP contribution in [0, 0.1) is 5.21 Å². The summed E-state index contributed by atoms with van der Waals surface area (Å²) < 4.78 is 5.76. The topological polar surface area (TPSA) is 55.8 Å². The number of nitrogens with zero attached hydrogens (tertiary/aromatic N) is 3. The fourth-order valence-corrected chi connectivity index (χ4v) is 4.33. The van der Waals surface area contributed by atoms with Gasteiger partial charge in [-0.05, 0) is 25.1 Å². The molecule has 3 atom stereocenters. The van der Waals surface area contributed by atoms with Gasteiger partial charge >= 0.3 is 0 Å². The van der Waals surface area contributed by atoms with Gasteiger partial charge in [0.05, 0.1) is 6.54 Å². The standard InChI is InChI=1S/C20H27N3O3/c1-21(19-11-10-16-7-2-3-9-18(16)26-19)12-4-5-13-22-15-23(25)14-6-8-17(23)20(22)24/h2-5,7,9,17,19H,6,8,10-15H2,1H3/b5-4+. The van der Waals surface area contributed by atoms with E-state index in [1.54, 1.807) is 4.90 Å². The zero-order valence-corrected chi connectivity index (χ0v) is 15.3. The van der Waals surface area contributed by atoms with Crippen molar-refractivity contribution < 1.29 is 14.2 Å². The van der Waals surface area contributed by atoms with Crippen LogP contribution < -0.4 is 4.74 Å². The van der Waals surface area contributed by atoms with Crippen molar-refractivity contribution in [3.8, 4) is 5.75 Å². The number of hydroxylamine groups is 3. The average molecular weight is 357 g/mol. The zero-order valence-electron chi connectivity index (χ0n) is 15.3. The Morgan fingerprint density at radius 1 is 1.35 bits per heavy atom. The number of para-hydroxylation sites is 1. The molecule has 6 heteroatoms. The fraction of sp³-hybridized carbons (Fsp3) is 0.550. The number of amides is 1. The molecule has 2 fully saturated rings. The Labute approximate surface area is 154 Å². The van der Waals surface area contributed by atoms with Crippen molar-refractivity contribution in [1.29, 1.82) is 0 Å². The summed E-state index contributed by atoms with van der Waals surface area (Å²) in [4.78, 5) is 16.2. The van der Waals surface area contributed by atoms with Gasteiger partial charge in [0, 0.05) is 32.4 Å². The highest BCUT2D eigenvalue weighted by atomic mass is 16.6. The van der Waals surface area contributed by atoms with Crippen LogP contribution in [0.15, 0.2) is 36.4 Å². The lowest BCUT2D eigenvalue weighted by Crippen LogP contribution is -2.43. The summed E-state index contributed by atoms with van der Waals surface area (Å²) in [5, 5.41) is 12.6. The summed E-state index contributed by atoms with van der Waals surface area (Å²) >= 11 is 0. The third-order valence-electron chi connectivity index (χ3n) is 5.86. The van der Waals surface area contributed by atoms with Crippen molar-refractivity contribution in [2.24, 2.45) is 0 Å². The minimum atomic E-state index is -0.346. The minimum absolute atomic E-state index is 0.0303. The molecule has 6 nitrogen and oxygen atoms in total. The second-order valence-electron chi connectivity index (χ2n) is 7.67. The number of benzene rings is 1. The lowest BCUT2D eigenvalue weighted by atomic mass is 10.0. The molecule has 1 aromatic rings. The minimum Gasteiger partial charge on any atom is -0.631 e. The van der Waals surface area contributed by atoms with Crippen LogP contribution >= 0.6 is 0 Å². The van der Waals surface area contributed by atoms with E-state index in [-0.39, 0.29) is 22.8 Å². The van der Waals surface area contributed by atoms with E-state index < -0.39 is 0 Å². The molecule has 0 radical (unpaired) electrons. The summed E-state index contributed by atoms with van der Waals surface area (Å²) in [5.41, 5.74) is 1.27. The monoisotopic (exact) mass is 357 g/mol. The van der Waals surface area contributed by atoms with E-state index in [4.69, 9.17) is 4.74 Å². The van der Waals surface area contributed by atoms with Gasteiger partial charge in [0.25, 0.3) is 5.91 Å². The molecule has 0 aliphatic carbocycles. The Balaban J connectivity index is 1.26. The molecular formula is C20H27N3O3. The van der Waals surface area contributed by atoms with Crippen LogP contribution in [0.5, 0.6) is 5.75 Å². The van der Waals surface area contributed by atoms with Crippen LogP contribution in [0.2, 0.25) is 0 Å². The Hall–Kier alpha value is -1.89. The van der Waals surface area contributed by atoms with E-state index in [9.17, 15) is 10.0 Å². The molecule has 4 rings (SSSR count). The molecule has 0 spiro atoms. The van der Waals surface area contributed by atoms with E-state index in [2.05, 4.69) is 24.1 Å². The molecule has 3 heterocycles. The van der Waals surface area contributed by atoms with E-state index in [1.165, 1.54) is 5.56 Å². The first-order valence-corrected chi connectivity index (χ1v) is 9.53. The van der Waals surface area contributed by atoms with Gasteiger partial charge in [0.1, 0.15) is 5.75 Å². The molecule has 1 amide bonds. The molecule has 3 aliphatic rings. The maximum absolute atomic E-state index is 12.6. The lowest BCUT2D eigenvalue weighted by molar-refractivity contribution is -0.880. The SMILES string of the molecule is CN(C/C=C/CN1C[N+]2([O-])CCCC2C1=O)C1CCc2ccccc2O1. The molecule has 3 unspecified atom stereocenters. The van der Waals surface area contributed by atoms with Crippen LogP contribution in [0.25, 0.3) is 0 Å². The molecular weight excluding hydrogens is 330 g/mol. The van der Waals surface area contributed by atoms with E-state index in [0.717, 1.165) is 38.0 Å². The van der Waals surface area contributed by atoms with Gasteiger partial charge < -0.3 is 14.6 Å². The number of hydrogen-bond acceptors (Lipinski definition) is 4. The van der Waals surface area contributed by atoms with E-state index in [1.807, 2.05) is 24.3 Å². The molecule has 140 valence electrons. The van der Waals surface area contributed by atoms with Crippen LogP contribution in [0.3, 0.4) is 0 Å². The summed E-state index contributed by atoms with van der Waals surface area (Å²) in [5.74, 6) is 1.01. The molecule has 0 bridgehead atoms. The predicted octanol–water partition coefficient (Wildman–Crippen LogP) is 2.10. The zero-order chi connectivity index (χ0) is 18.1. The fourth-order valence-electron chi connectivity index (χ4n) is 4.33. The third kappa shape index (κ3) is 3.24. The molecule has 26 heavy (non-hydrogen) atoms. The van der Waals surface area contributed by atoms with Crippen LogP contribution in [0.1, 0.15) is 24.8 Å². The smallest absolute Gasteiger partial charge is 0.285 e. The summed E-state index contributed by atoms with van der Waals surface area (Å²) in [7, 11) is 2.05. The van der Waals surface area contributed by atoms with Gasteiger partial charge in [-0.2, -0.15) is 0 Å². The molecule has 0 N–H and O–H groups in total. The van der Waals surface area contributed by atoms with Gasteiger partial charge in [0.15, 0.2) is 18.9 Å². The summed E-state index contributed by atoms with van der Waals surface area (Å²) in [6.07, 6.45) is 7.76. The van der Waals surface area contributed by atoms with Crippen molar-refractivity contribution in [3.05, 3.63) is 47.2 Å². The number of aryl methyl sites for hydroxylation is 1. The second-order valence-corrected chi connectivity index (χ2v) is 7.67. The normalized spacial score (nSPS) is 30.7. The van der Waals surface area contributed by atoms with E-state index >= 15 is 0 Å². The van der Waals surface area contributed by atoms with Crippen molar-refractivity contribution in [1.82, 2.24) is 9.80 Å². The van der Waals surface area contributed by atoms with Crippen LogP contribution in [-0.4, -0.2) is 66.0 Å². The Morgan fingerprint density at radius 3 is 3.04 bits per heavy atom. The number of fused-ring (bicyclic) bond motifs is 2. The largest absolute Gasteiger partial charge is 0.631 e. The van der Waals surface area contributed by atoms with Gasteiger partial charge in [-0.25, -0.2) is 0 Å². The molecule has 0 saturated carbocycles. The lowest BCUT2D eigenvalue weighted by Gasteiger charge is -2.36. The first kappa shape index (κ1) is 17.5. The van der Waals surface area contributed by atoms with Gasteiger partial charge in [-0.1, -0.05) is 30.4 Å². The Morgan fingerprint density at radius 2 is 2.19 bits per heavy atom. The Kier molecular flexibility index (Phi) is 4.73. The van der Waals surface area contributed by atoms with E-state index in [0.29, 0.717) is 19.8 Å². The van der Waals surface area contributed by atoms with Gasteiger partial charge in [-0.3, -0.25) is 14.6 Å². The molecule has 3 aliphatic heterocycles. The number of hydrogen-bond donors (Lipinski definition) is 0. The number of rotatable bonds is 5. The highest BCUT2D eigenvalue weighted by molar-refractivity contribution is 5.82. The molecule has 1 aromatic carbocycles. The quantitative estimate of drug-likeness (QED) is 0.460. The number of carbonyl (C=O) groups is 1. The first-order valence-electron chi connectivity index (χ1n) is 9.53. The van der Waals surface area contributed by atoms with Crippen LogP contribution in [0.4, 0.5) is 0 Å². The maximum atomic E-state index is 12.6. The van der Waals surface area contributed by atoms with Crippen molar-refractivity contribution >= 4 is 5.91 Å². The highest BCUT2D eigenvalue weighted by Gasteiger charge is 2.49. The maximum Gasteiger partial charge on any atom is 0.285 e. The van der Waals surface area contributed by atoms with Gasteiger partial charge in [-0.15, -0.1) is 0 Å². The van der Waals surface area contributed by atoms with Crippen LogP contribution in [-0.2, 0) is 11.2 Å². The second kappa shape index (κ2) is 7.02. The molecule has 2 saturated heterocycles.